The molecule has 0 aliphatic heterocycles. The van der Waals surface area contributed by atoms with Crippen molar-refractivity contribution < 1.29 is 14.6 Å². The number of ether oxygens (including phenoxy) is 2. The standard InChI is InChI=1S/C24H30N2O3/c1-5-7-19-8-9-22(23(16-19)28-4)29-13-6-11-26-21-15-18(3)17(2)14-20(21)25-24(26)10-12-27/h5,7-9,14-16,27H,6,10-13H2,1-4H3/b7-5+. The minimum Gasteiger partial charge on any atom is -0.493 e. The highest BCUT2D eigenvalue weighted by molar-refractivity contribution is 5.78. The average molecular weight is 395 g/mol. The molecule has 0 bridgehead atoms. The predicted molar refractivity (Wildman–Crippen MR) is 118 cm³/mol. The van der Waals surface area contributed by atoms with E-state index in [9.17, 15) is 5.11 Å². The van der Waals surface area contributed by atoms with Gasteiger partial charge in [0.1, 0.15) is 5.82 Å². The third-order valence-corrected chi connectivity index (χ3v) is 5.11. The van der Waals surface area contributed by atoms with E-state index in [1.54, 1.807) is 7.11 Å². The van der Waals surface area contributed by atoms with Gasteiger partial charge >= 0.3 is 0 Å². The van der Waals surface area contributed by atoms with Crippen molar-refractivity contribution in [2.75, 3.05) is 20.3 Å². The van der Waals surface area contributed by atoms with E-state index >= 15 is 0 Å². The number of methoxy groups -OCH3 is 1. The normalized spacial score (nSPS) is 11.5. The third kappa shape index (κ3) is 4.80. The second-order valence-corrected chi connectivity index (χ2v) is 7.19. The molecule has 0 spiro atoms. The molecule has 0 unspecified atom stereocenters. The maximum atomic E-state index is 9.42. The fourth-order valence-corrected chi connectivity index (χ4v) is 3.47. The molecule has 0 radical (unpaired) electrons. The minimum absolute atomic E-state index is 0.0908. The molecule has 1 aromatic heterocycles. The summed E-state index contributed by atoms with van der Waals surface area (Å²) in [7, 11) is 1.66. The van der Waals surface area contributed by atoms with Gasteiger partial charge in [0.15, 0.2) is 11.5 Å². The first-order chi connectivity index (χ1) is 14.1. The lowest BCUT2D eigenvalue weighted by Crippen LogP contribution is -2.09. The van der Waals surface area contributed by atoms with Gasteiger partial charge in [0.2, 0.25) is 0 Å². The van der Waals surface area contributed by atoms with Crippen LogP contribution in [0.2, 0.25) is 0 Å². The van der Waals surface area contributed by atoms with Crippen LogP contribution in [0.1, 0.15) is 35.9 Å². The van der Waals surface area contributed by atoms with Crippen molar-refractivity contribution in [1.29, 1.82) is 0 Å². The van der Waals surface area contributed by atoms with E-state index in [2.05, 4.69) is 30.5 Å². The number of aromatic nitrogens is 2. The number of hydrogen-bond donors (Lipinski definition) is 1. The van der Waals surface area contributed by atoms with Crippen LogP contribution in [-0.4, -0.2) is 35.0 Å². The molecule has 5 heteroatoms. The van der Waals surface area contributed by atoms with E-state index in [1.807, 2.05) is 37.3 Å². The molecule has 154 valence electrons. The fraction of sp³-hybridized carbons (Fsp3) is 0.375. The number of allylic oxidation sites excluding steroid dienone is 1. The Bertz CT molecular complexity index is 1010. The van der Waals surface area contributed by atoms with Crippen LogP contribution >= 0.6 is 0 Å². The molecule has 3 rings (SSSR count). The lowest BCUT2D eigenvalue weighted by atomic mass is 10.1. The van der Waals surface area contributed by atoms with Crippen molar-refractivity contribution in [2.45, 2.75) is 40.2 Å². The SMILES string of the molecule is C/C=C/c1ccc(OCCCn2c(CCO)nc3cc(C)c(C)cc32)c(OC)c1. The molecule has 5 nitrogen and oxygen atoms in total. The first kappa shape index (κ1) is 20.9. The van der Waals surface area contributed by atoms with Crippen molar-refractivity contribution in [3.63, 3.8) is 0 Å². The number of aryl methyl sites for hydroxylation is 3. The summed E-state index contributed by atoms with van der Waals surface area (Å²) in [6.45, 7) is 7.65. The third-order valence-electron chi connectivity index (χ3n) is 5.11. The quantitative estimate of drug-likeness (QED) is 0.535. The molecule has 29 heavy (non-hydrogen) atoms. The van der Waals surface area contributed by atoms with Crippen molar-refractivity contribution in [1.82, 2.24) is 9.55 Å². The molecule has 0 atom stereocenters. The Balaban J connectivity index is 1.71. The molecule has 2 aromatic carbocycles. The Morgan fingerprint density at radius 2 is 1.90 bits per heavy atom. The van der Waals surface area contributed by atoms with Crippen molar-refractivity contribution in [3.05, 3.63) is 58.9 Å². The van der Waals surface area contributed by atoms with E-state index in [4.69, 9.17) is 14.5 Å². The molecule has 0 aliphatic rings. The number of hydrogen-bond acceptors (Lipinski definition) is 4. The van der Waals surface area contributed by atoms with Crippen molar-refractivity contribution in [2.24, 2.45) is 0 Å². The van der Waals surface area contributed by atoms with Crippen LogP contribution in [-0.2, 0) is 13.0 Å². The summed E-state index contributed by atoms with van der Waals surface area (Å²) in [5.74, 6) is 2.40. The molecular weight excluding hydrogens is 364 g/mol. The summed E-state index contributed by atoms with van der Waals surface area (Å²) in [6.07, 6.45) is 5.41. The molecule has 1 heterocycles. The zero-order chi connectivity index (χ0) is 20.8. The van der Waals surface area contributed by atoms with Crippen LogP contribution in [0.3, 0.4) is 0 Å². The summed E-state index contributed by atoms with van der Waals surface area (Å²) >= 11 is 0. The highest BCUT2D eigenvalue weighted by Crippen LogP contribution is 2.29. The number of aliphatic hydroxyl groups excluding tert-OH is 1. The van der Waals surface area contributed by atoms with Crippen LogP contribution in [0.25, 0.3) is 17.1 Å². The maximum Gasteiger partial charge on any atom is 0.161 e. The summed E-state index contributed by atoms with van der Waals surface area (Å²) < 4.78 is 13.7. The summed E-state index contributed by atoms with van der Waals surface area (Å²) in [4.78, 5) is 4.73. The van der Waals surface area contributed by atoms with E-state index in [0.717, 1.165) is 46.9 Å². The largest absolute Gasteiger partial charge is 0.493 e. The predicted octanol–water partition coefficient (Wildman–Crippen LogP) is 4.70. The van der Waals surface area contributed by atoms with Gasteiger partial charge in [-0.1, -0.05) is 18.2 Å². The summed E-state index contributed by atoms with van der Waals surface area (Å²) in [5.41, 5.74) is 5.66. The number of fused-ring (bicyclic) bond motifs is 1. The van der Waals surface area contributed by atoms with Crippen LogP contribution in [0.5, 0.6) is 11.5 Å². The first-order valence-corrected chi connectivity index (χ1v) is 10.1. The van der Waals surface area contributed by atoms with Gasteiger partial charge in [-0.05, 0) is 68.1 Å². The number of nitrogens with zero attached hydrogens (tertiary/aromatic N) is 2. The highest BCUT2D eigenvalue weighted by Gasteiger charge is 2.12. The number of aliphatic hydroxyl groups is 1. The zero-order valence-corrected chi connectivity index (χ0v) is 17.7. The molecular formula is C24H30N2O3. The van der Waals surface area contributed by atoms with Gasteiger partial charge in [-0.2, -0.15) is 0 Å². The van der Waals surface area contributed by atoms with Gasteiger partial charge in [-0.3, -0.25) is 0 Å². The second-order valence-electron chi connectivity index (χ2n) is 7.19. The summed E-state index contributed by atoms with van der Waals surface area (Å²) in [6, 6.07) is 10.2. The highest BCUT2D eigenvalue weighted by atomic mass is 16.5. The number of imidazole rings is 1. The molecule has 0 saturated carbocycles. The lowest BCUT2D eigenvalue weighted by molar-refractivity contribution is 0.279. The Kier molecular flexibility index (Phi) is 6.94. The minimum atomic E-state index is 0.0908. The number of benzene rings is 2. The van der Waals surface area contributed by atoms with Crippen molar-refractivity contribution >= 4 is 17.1 Å². The monoisotopic (exact) mass is 394 g/mol. The van der Waals surface area contributed by atoms with Crippen LogP contribution < -0.4 is 9.47 Å². The van der Waals surface area contributed by atoms with Gasteiger partial charge in [0, 0.05) is 13.0 Å². The van der Waals surface area contributed by atoms with E-state index in [-0.39, 0.29) is 6.61 Å². The van der Waals surface area contributed by atoms with Crippen LogP contribution in [0, 0.1) is 13.8 Å². The van der Waals surface area contributed by atoms with Crippen molar-refractivity contribution in [3.8, 4) is 11.5 Å². The maximum absolute atomic E-state index is 9.42. The zero-order valence-electron chi connectivity index (χ0n) is 17.7. The van der Waals surface area contributed by atoms with E-state index in [1.165, 1.54) is 11.1 Å². The molecule has 1 N–H and O–H groups in total. The Hall–Kier alpha value is -2.79. The van der Waals surface area contributed by atoms with Gasteiger partial charge < -0.3 is 19.1 Å². The first-order valence-electron chi connectivity index (χ1n) is 10.1. The van der Waals surface area contributed by atoms with Gasteiger partial charge in [0.05, 0.1) is 31.4 Å². The molecule has 0 fully saturated rings. The topological polar surface area (TPSA) is 56.5 Å². The van der Waals surface area contributed by atoms with Gasteiger partial charge in [-0.25, -0.2) is 4.98 Å². The van der Waals surface area contributed by atoms with E-state index < -0.39 is 0 Å². The molecule has 0 amide bonds. The Morgan fingerprint density at radius 1 is 1.10 bits per heavy atom. The van der Waals surface area contributed by atoms with Crippen LogP contribution in [0.15, 0.2) is 36.4 Å². The van der Waals surface area contributed by atoms with Gasteiger partial charge in [0.25, 0.3) is 0 Å². The molecule has 3 aromatic rings. The molecule has 0 saturated heterocycles. The molecule has 0 aliphatic carbocycles. The van der Waals surface area contributed by atoms with Crippen LogP contribution in [0.4, 0.5) is 0 Å². The second kappa shape index (κ2) is 9.61. The smallest absolute Gasteiger partial charge is 0.161 e. The average Bonchev–Trinajstić information content (AvgIpc) is 3.03. The van der Waals surface area contributed by atoms with Gasteiger partial charge in [-0.15, -0.1) is 0 Å². The Morgan fingerprint density at radius 3 is 2.62 bits per heavy atom. The Labute approximate surface area is 172 Å². The fourth-order valence-electron chi connectivity index (χ4n) is 3.47. The summed E-state index contributed by atoms with van der Waals surface area (Å²) in [5, 5.41) is 9.42. The van der Waals surface area contributed by atoms with E-state index in [0.29, 0.717) is 13.0 Å². The number of rotatable bonds is 9. The lowest BCUT2D eigenvalue weighted by Gasteiger charge is -2.13.